The van der Waals surface area contributed by atoms with Gasteiger partial charge in [0.2, 0.25) is 0 Å². The highest BCUT2D eigenvalue weighted by Crippen LogP contribution is 2.28. The van der Waals surface area contributed by atoms with Crippen molar-refractivity contribution < 1.29 is 9.31 Å². The number of nitrogens with zero attached hydrogens (tertiary/aromatic N) is 1. The van der Waals surface area contributed by atoms with Crippen LogP contribution in [0.25, 0.3) is 0 Å². The highest BCUT2D eigenvalue weighted by Gasteiger charge is 2.14. The number of rotatable bonds is 3. The molecule has 0 saturated carbocycles. The van der Waals surface area contributed by atoms with Gasteiger partial charge in [-0.1, -0.05) is 6.07 Å². The molecule has 0 amide bonds. The molecule has 0 aliphatic heterocycles. The van der Waals surface area contributed by atoms with Crippen LogP contribution in [-0.2, 0) is 0 Å². The van der Waals surface area contributed by atoms with Crippen LogP contribution in [0.5, 0.6) is 0 Å². The summed E-state index contributed by atoms with van der Waals surface area (Å²) in [5.74, 6) is -0.653. The Bertz CT molecular complexity index is 602. The van der Waals surface area contributed by atoms with Crippen LogP contribution in [0.1, 0.15) is 0 Å². The maximum absolute atomic E-state index is 13.0. The van der Waals surface area contributed by atoms with E-state index < -0.39 is 10.7 Å². The minimum absolute atomic E-state index is 0.215. The lowest BCUT2D eigenvalue weighted by molar-refractivity contribution is -0.384. The fourth-order valence-electron chi connectivity index (χ4n) is 1.53. The average molecular weight is 247 g/mol. The normalized spacial score (nSPS) is 10.1. The Morgan fingerprint density at radius 3 is 2.67 bits per heavy atom. The SMILES string of the molecule is Nc1cccc(Nc2ccc(F)cc2[N+](=O)[O-])c1. The van der Waals surface area contributed by atoms with E-state index in [1.165, 1.54) is 6.07 Å². The molecular weight excluding hydrogens is 237 g/mol. The van der Waals surface area contributed by atoms with Gasteiger partial charge in [0, 0.05) is 11.4 Å². The standard InChI is InChI=1S/C12H10FN3O2/c13-8-4-5-11(12(6-8)16(17)18)15-10-3-1-2-9(14)7-10/h1-7,15H,14H2. The number of nitro groups is 1. The average Bonchev–Trinajstić information content (AvgIpc) is 2.31. The van der Waals surface area contributed by atoms with E-state index in [2.05, 4.69) is 5.32 Å². The zero-order valence-electron chi connectivity index (χ0n) is 9.26. The summed E-state index contributed by atoms with van der Waals surface area (Å²) in [4.78, 5) is 10.2. The van der Waals surface area contributed by atoms with Gasteiger partial charge in [-0.25, -0.2) is 4.39 Å². The van der Waals surface area contributed by atoms with Crippen LogP contribution < -0.4 is 11.1 Å². The Balaban J connectivity index is 2.37. The van der Waals surface area contributed by atoms with Gasteiger partial charge in [-0.15, -0.1) is 0 Å². The number of hydrogen-bond acceptors (Lipinski definition) is 4. The van der Waals surface area contributed by atoms with Crippen molar-refractivity contribution in [3.8, 4) is 0 Å². The summed E-state index contributed by atoms with van der Waals surface area (Å²) in [7, 11) is 0. The first-order valence-electron chi connectivity index (χ1n) is 5.13. The van der Waals surface area contributed by atoms with E-state index in [0.29, 0.717) is 11.4 Å². The van der Waals surface area contributed by atoms with E-state index in [4.69, 9.17) is 5.73 Å². The molecule has 0 aromatic heterocycles. The molecule has 18 heavy (non-hydrogen) atoms. The zero-order valence-corrected chi connectivity index (χ0v) is 9.26. The molecule has 0 atom stereocenters. The van der Waals surface area contributed by atoms with E-state index in [9.17, 15) is 14.5 Å². The van der Waals surface area contributed by atoms with E-state index in [1.54, 1.807) is 24.3 Å². The predicted molar refractivity (Wildman–Crippen MR) is 67.2 cm³/mol. The van der Waals surface area contributed by atoms with Crippen molar-refractivity contribution in [3.63, 3.8) is 0 Å². The topological polar surface area (TPSA) is 81.2 Å². The van der Waals surface area contributed by atoms with Gasteiger partial charge in [0.05, 0.1) is 11.0 Å². The third-order valence-electron chi connectivity index (χ3n) is 2.32. The summed E-state index contributed by atoms with van der Waals surface area (Å²) in [6.45, 7) is 0. The summed E-state index contributed by atoms with van der Waals surface area (Å²) < 4.78 is 13.0. The Kier molecular flexibility index (Phi) is 3.09. The third kappa shape index (κ3) is 2.54. The van der Waals surface area contributed by atoms with Crippen LogP contribution in [0.2, 0.25) is 0 Å². The lowest BCUT2D eigenvalue weighted by Crippen LogP contribution is -1.98. The van der Waals surface area contributed by atoms with Gasteiger partial charge in [-0.3, -0.25) is 10.1 Å². The van der Waals surface area contributed by atoms with Crippen LogP contribution in [0.15, 0.2) is 42.5 Å². The number of nitrogens with one attached hydrogen (secondary N) is 1. The van der Waals surface area contributed by atoms with Crippen molar-refractivity contribution in [3.05, 3.63) is 58.4 Å². The molecule has 0 aliphatic rings. The molecule has 0 aliphatic carbocycles. The minimum atomic E-state index is -0.653. The number of hydrogen-bond donors (Lipinski definition) is 2. The van der Waals surface area contributed by atoms with Crippen molar-refractivity contribution in [2.45, 2.75) is 0 Å². The van der Waals surface area contributed by atoms with E-state index in [-0.39, 0.29) is 11.4 Å². The molecule has 6 heteroatoms. The third-order valence-corrected chi connectivity index (χ3v) is 2.32. The van der Waals surface area contributed by atoms with Gasteiger partial charge < -0.3 is 11.1 Å². The number of halogens is 1. The van der Waals surface area contributed by atoms with Gasteiger partial charge in [0.1, 0.15) is 11.5 Å². The molecule has 0 unspecified atom stereocenters. The van der Waals surface area contributed by atoms with E-state index in [1.807, 2.05) is 0 Å². The van der Waals surface area contributed by atoms with Gasteiger partial charge >= 0.3 is 0 Å². The first kappa shape index (κ1) is 11.8. The van der Waals surface area contributed by atoms with Crippen molar-refractivity contribution in [2.75, 3.05) is 11.1 Å². The van der Waals surface area contributed by atoms with E-state index >= 15 is 0 Å². The quantitative estimate of drug-likeness (QED) is 0.496. The fourth-order valence-corrected chi connectivity index (χ4v) is 1.53. The van der Waals surface area contributed by atoms with Crippen LogP contribution in [0, 0.1) is 15.9 Å². The molecule has 0 fully saturated rings. The van der Waals surface area contributed by atoms with Crippen LogP contribution in [-0.4, -0.2) is 4.92 Å². The summed E-state index contributed by atoms with van der Waals surface area (Å²) in [6.07, 6.45) is 0. The van der Waals surface area contributed by atoms with Crippen LogP contribution in [0.4, 0.5) is 27.1 Å². The van der Waals surface area contributed by atoms with Gasteiger partial charge in [0.25, 0.3) is 5.69 Å². The van der Waals surface area contributed by atoms with Crippen LogP contribution in [0.3, 0.4) is 0 Å². The van der Waals surface area contributed by atoms with Gasteiger partial charge in [-0.2, -0.15) is 0 Å². The Labute approximate surface area is 102 Å². The summed E-state index contributed by atoms with van der Waals surface area (Å²) >= 11 is 0. The minimum Gasteiger partial charge on any atom is -0.399 e. The highest BCUT2D eigenvalue weighted by atomic mass is 19.1. The molecule has 92 valence electrons. The lowest BCUT2D eigenvalue weighted by Gasteiger charge is -2.07. The summed E-state index contributed by atoms with van der Waals surface area (Å²) in [6, 6.07) is 10.1. The second kappa shape index (κ2) is 4.70. The zero-order chi connectivity index (χ0) is 13.1. The molecule has 0 spiro atoms. The molecule has 0 saturated heterocycles. The lowest BCUT2D eigenvalue weighted by atomic mass is 10.2. The Morgan fingerprint density at radius 1 is 1.22 bits per heavy atom. The molecule has 5 nitrogen and oxygen atoms in total. The first-order chi connectivity index (χ1) is 8.56. The van der Waals surface area contributed by atoms with Crippen LogP contribution >= 0.6 is 0 Å². The molecule has 0 bridgehead atoms. The fraction of sp³-hybridized carbons (Fsp3) is 0. The maximum atomic E-state index is 13.0. The predicted octanol–water partition coefficient (Wildman–Crippen LogP) is 3.06. The first-order valence-corrected chi connectivity index (χ1v) is 5.13. The summed E-state index contributed by atoms with van der Waals surface area (Å²) in [5.41, 5.74) is 6.63. The van der Waals surface area contributed by atoms with Crippen molar-refractivity contribution in [2.24, 2.45) is 0 Å². The number of nitrogens with two attached hydrogens (primary N) is 1. The molecule has 2 aromatic carbocycles. The number of nitro benzene ring substituents is 1. The second-order valence-corrected chi connectivity index (χ2v) is 3.67. The monoisotopic (exact) mass is 247 g/mol. The second-order valence-electron chi connectivity index (χ2n) is 3.67. The number of anilines is 3. The molecule has 2 rings (SSSR count). The Morgan fingerprint density at radius 2 is 2.00 bits per heavy atom. The maximum Gasteiger partial charge on any atom is 0.295 e. The number of nitrogen functional groups attached to an aromatic ring is 1. The molecule has 3 N–H and O–H groups in total. The van der Waals surface area contributed by atoms with Gasteiger partial charge in [0.15, 0.2) is 0 Å². The Hall–Kier alpha value is -2.63. The van der Waals surface area contributed by atoms with Crippen molar-refractivity contribution in [1.82, 2.24) is 0 Å². The molecular formula is C12H10FN3O2. The van der Waals surface area contributed by atoms with Crippen molar-refractivity contribution >= 4 is 22.7 Å². The summed E-state index contributed by atoms with van der Waals surface area (Å²) in [5, 5.41) is 13.6. The largest absolute Gasteiger partial charge is 0.399 e. The molecule has 0 heterocycles. The number of benzene rings is 2. The van der Waals surface area contributed by atoms with Gasteiger partial charge in [-0.05, 0) is 30.3 Å². The van der Waals surface area contributed by atoms with Crippen molar-refractivity contribution in [1.29, 1.82) is 0 Å². The highest BCUT2D eigenvalue weighted by molar-refractivity contribution is 5.70. The molecule has 2 aromatic rings. The smallest absolute Gasteiger partial charge is 0.295 e. The molecule has 0 radical (unpaired) electrons. The van der Waals surface area contributed by atoms with E-state index in [0.717, 1.165) is 12.1 Å².